The van der Waals surface area contributed by atoms with E-state index in [0.717, 1.165) is 0 Å². The molecule has 0 heterocycles. The van der Waals surface area contributed by atoms with Gasteiger partial charge in [0.2, 0.25) is 0 Å². The van der Waals surface area contributed by atoms with Gasteiger partial charge in [0, 0.05) is 27.7 Å². The molecular formula is C2H3HgIO2. The summed E-state index contributed by atoms with van der Waals surface area (Å²) in [6.07, 6.45) is 0. The number of carboxylic acids is 1. The van der Waals surface area contributed by atoms with Gasteiger partial charge in [-0.15, -0.1) is 0 Å². The monoisotopic (exact) mass is 388 g/mol. The minimum Gasteiger partial charge on any atom is -0.481 e. The Hall–Kier alpha value is 1.14. The summed E-state index contributed by atoms with van der Waals surface area (Å²) in [6, 6.07) is 0. The number of hydrogen-bond acceptors (Lipinski definition) is 1. The molecule has 0 fully saturated rings. The van der Waals surface area contributed by atoms with Crippen LogP contribution in [0.4, 0.5) is 0 Å². The Morgan fingerprint density at radius 1 is 1.83 bits per heavy atom. The van der Waals surface area contributed by atoms with Gasteiger partial charge in [0.15, 0.2) is 0 Å². The first-order valence-corrected chi connectivity index (χ1v) is 2.57. The molecule has 1 N–H and O–H groups in total. The number of rotatable bonds is 1. The Morgan fingerprint density at radius 3 is 2.00 bits per heavy atom. The molecule has 4 heteroatoms. The summed E-state index contributed by atoms with van der Waals surface area (Å²) in [5, 5.41) is 7.71. The molecule has 0 spiro atoms. The summed E-state index contributed by atoms with van der Waals surface area (Å²) >= 11 is 1.78. The van der Waals surface area contributed by atoms with E-state index in [1.807, 2.05) is 0 Å². The zero-order valence-corrected chi connectivity index (χ0v) is 10.8. The summed E-state index contributed by atoms with van der Waals surface area (Å²) in [7, 11) is 0. The van der Waals surface area contributed by atoms with Crippen molar-refractivity contribution in [2.45, 2.75) is 0 Å². The van der Waals surface area contributed by atoms with Gasteiger partial charge in [-0.2, -0.15) is 0 Å². The molecule has 0 aromatic rings. The van der Waals surface area contributed by atoms with Gasteiger partial charge in [0.1, 0.15) is 0 Å². The van der Waals surface area contributed by atoms with Crippen LogP contribution < -0.4 is 0 Å². The van der Waals surface area contributed by atoms with Crippen molar-refractivity contribution in [2.75, 3.05) is 4.43 Å². The quantitative estimate of drug-likeness (QED) is 0.405. The van der Waals surface area contributed by atoms with E-state index in [-0.39, 0.29) is 32.1 Å². The van der Waals surface area contributed by atoms with Crippen LogP contribution in [0.25, 0.3) is 0 Å². The van der Waals surface area contributed by atoms with Crippen LogP contribution in [0.15, 0.2) is 0 Å². The van der Waals surface area contributed by atoms with E-state index in [0.29, 0.717) is 0 Å². The number of aliphatic carboxylic acids is 1. The number of alkyl halides is 1. The van der Waals surface area contributed by atoms with Crippen molar-refractivity contribution in [3.63, 3.8) is 0 Å². The van der Waals surface area contributed by atoms with E-state index < -0.39 is 5.97 Å². The van der Waals surface area contributed by atoms with Crippen molar-refractivity contribution in [1.29, 1.82) is 0 Å². The first-order valence-electron chi connectivity index (χ1n) is 1.05. The maximum atomic E-state index is 9.36. The predicted octanol–water partition coefficient (Wildman–Crippen LogP) is 0.504. The van der Waals surface area contributed by atoms with Gasteiger partial charge in [0.05, 0.1) is 4.43 Å². The maximum Gasteiger partial charge on any atom is 0.313 e. The molecule has 0 unspecified atom stereocenters. The van der Waals surface area contributed by atoms with Crippen molar-refractivity contribution >= 4 is 28.6 Å². The molecule has 0 radical (unpaired) electrons. The second-order valence-electron chi connectivity index (χ2n) is 0.527. The van der Waals surface area contributed by atoms with E-state index >= 15 is 0 Å². The zero-order chi connectivity index (χ0) is 4.28. The van der Waals surface area contributed by atoms with Crippen LogP contribution in [0.2, 0.25) is 0 Å². The molecule has 0 aliphatic heterocycles. The first kappa shape index (κ1) is 10.2. The topological polar surface area (TPSA) is 37.3 Å². The largest absolute Gasteiger partial charge is 0.481 e. The fraction of sp³-hybridized carbons (Fsp3) is 0.500. The fourth-order valence-electron chi connectivity index (χ4n) is 0. The Balaban J connectivity index is 0. The van der Waals surface area contributed by atoms with E-state index in [1.54, 1.807) is 22.6 Å². The van der Waals surface area contributed by atoms with Crippen LogP contribution >= 0.6 is 22.6 Å². The minimum atomic E-state index is -0.759. The molecule has 0 atom stereocenters. The van der Waals surface area contributed by atoms with E-state index in [1.165, 1.54) is 0 Å². The zero-order valence-electron chi connectivity index (χ0n) is 3.15. The van der Waals surface area contributed by atoms with Crippen LogP contribution in [0, 0.1) is 0 Å². The van der Waals surface area contributed by atoms with Gasteiger partial charge in [-0.1, -0.05) is 22.6 Å². The average Bonchev–Trinajstić information content (AvgIpc) is 1.38. The predicted molar refractivity (Wildman–Crippen MR) is 26.5 cm³/mol. The van der Waals surface area contributed by atoms with Crippen molar-refractivity contribution in [3.05, 3.63) is 0 Å². The number of hydrogen-bond donors (Lipinski definition) is 1. The third kappa shape index (κ3) is 8.93. The summed E-state index contributed by atoms with van der Waals surface area (Å²) in [4.78, 5) is 9.36. The average molecular weight is 387 g/mol. The van der Waals surface area contributed by atoms with Gasteiger partial charge >= 0.3 is 5.97 Å². The smallest absolute Gasteiger partial charge is 0.313 e. The molecule has 0 rings (SSSR count). The van der Waals surface area contributed by atoms with Crippen molar-refractivity contribution in [2.24, 2.45) is 0 Å². The molecule has 0 aliphatic rings. The molecule has 0 saturated carbocycles. The number of carboxylic acid groups (broad SMARTS) is 1. The van der Waals surface area contributed by atoms with Crippen molar-refractivity contribution in [3.8, 4) is 0 Å². The van der Waals surface area contributed by atoms with E-state index in [9.17, 15) is 4.79 Å². The van der Waals surface area contributed by atoms with Crippen LogP contribution in [-0.2, 0) is 32.5 Å². The SMILES string of the molecule is O=C(O)CI.[Hg]. The molecule has 32 valence electrons. The van der Waals surface area contributed by atoms with Gasteiger partial charge in [-0.3, -0.25) is 4.79 Å². The van der Waals surface area contributed by atoms with Crippen molar-refractivity contribution < 1.29 is 37.6 Å². The standard InChI is InChI=1S/C2H3IO2.Hg/c3-1-2(4)5;/h1H2,(H,4,5);. The van der Waals surface area contributed by atoms with Crippen molar-refractivity contribution in [1.82, 2.24) is 0 Å². The summed E-state index contributed by atoms with van der Waals surface area (Å²) in [5.74, 6) is -0.759. The van der Waals surface area contributed by atoms with Gasteiger partial charge in [0.25, 0.3) is 0 Å². The normalized spacial score (nSPS) is 6.17. The van der Waals surface area contributed by atoms with Crippen LogP contribution in [0.1, 0.15) is 0 Å². The summed E-state index contributed by atoms with van der Waals surface area (Å²) in [5.41, 5.74) is 0. The summed E-state index contributed by atoms with van der Waals surface area (Å²) < 4.78 is 0.192. The molecule has 0 bridgehead atoms. The van der Waals surface area contributed by atoms with E-state index in [4.69, 9.17) is 5.11 Å². The van der Waals surface area contributed by atoms with Crippen LogP contribution in [0.5, 0.6) is 0 Å². The molecule has 0 saturated heterocycles. The Morgan fingerprint density at radius 2 is 2.00 bits per heavy atom. The first-order chi connectivity index (χ1) is 2.27. The molecule has 0 aromatic carbocycles. The Bertz CT molecular complexity index is 46.8. The third-order valence-electron chi connectivity index (χ3n) is 0.114. The van der Waals surface area contributed by atoms with Gasteiger partial charge < -0.3 is 5.11 Å². The second-order valence-corrected chi connectivity index (χ2v) is 1.29. The Kier molecular flexibility index (Phi) is 10.4. The number of carbonyl (C=O) groups is 1. The van der Waals surface area contributed by atoms with Gasteiger partial charge in [-0.05, 0) is 0 Å². The maximum absolute atomic E-state index is 9.36. The molecule has 0 amide bonds. The van der Waals surface area contributed by atoms with Crippen LogP contribution in [-0.4, -0.2) is 15.5 Å². The van der Waals surface area contributed by atoms with Crippen LogP contribution in [0.3, 0.4) is 0 Å². The van der Waals surface area contributed by atoms with Gasteiger partial charge in [-0.25, -0.2) is 0 Å². The molecule has 6 heavy (non-hydrogen) atoms. The third-order valence-corrected chi connectivity index (χ3v) is 0.767. The molecular weight excluding hydrogens is 384 g/mol. The molecule has 0 aliphatic carbocycles. The summed E-state index contributed by atoms with van der Waals surface area (Å²) in [6.45, 7) is 0. The molecule has 0 aromatic heterocycles. The van der Waals surface area contributed by atoms with E-state index in [2.05, 4.69) is 0 Å². The fourth-order valence-corrected chi connectivity index (χ4v) is 0. The molecule has 2 nitrogen and oxygen atoms in total. The second kappa shape index (κ2) is 6.14. The Labute approximate surface area is 70.0 Å². The minimum absolute atomic E-state index is 0. The number of halogens is 1.